The molecule has 4 rings (SSSR count). The zero-order chi connectivity index (χ0) is 19.8. The molecule has 0 radical (unpaired) electrons. The number of thiophene rings is 1. The average molecular weight is 434 g/mol. The maximum Gasteiger partial charge on any atom is 0.176 e. The lowest BCUT2D eigenvalue weighted by Crippen LogP contribution is -2.00. The second-order valence-electron chi connectivity index (χ2n) is 6.33. The number of hydrogen-bond acceptors (Lipinski definition) is 8. The van der Waals surface area contributed by atoms with E-state index in [0.717, 1.165) is 22.6 Å². The van der Waals surface area contributed by atoms with Crippen LogP contribution >= 0.6 is 22.7 Å². The first-order chi connectivity index (χ1) is 13.5. The van der Waals surface area contributed by atoms with Gasteiger partial charge in [0.05, 0.1) is 28.4 Å². The van der Waals surface area contributed by atoms with Crippen LogP contribution in [-0.2, 0) is 10.8 Å². The van der Waals surface area contributed by atoms with E-state index in [2.05, 4.69) is 16.9 Å². The highest BCUT2D eigenvalue weighted by Gasteiger charge is 2.23. The van der Waals surface area contributed by atoms with E-state index in [9.17, 15) is 9.42 Å². The number of nitrogens with two attached hydrogens (primary N) is 1. The molecule has 146 valence electrons. The topological polar surface area (TPSA) is 107 Å². The lowest BCUT2D eigenvalue weighted by molar-refractivity contribution is 0.190. The van der Waals surface area contributed by atoms with Crippen molar-refractivity contribution in [3.8, 4) is 22.1 Å². The Bertz CT molecular complexity index is 1160. The highest BCUT2D eigenvalue weighted by atomic mass is 32.2. The number of unbranched alkanes of at least 4 members (excludes halogenated alkanes) is 1. The molecule has 0 aliphatic rings. The van der Waals surface area contributed by atoms with Gasteiger partial charge in [0.25, 0.3) is 0 Å². The van der Waals surface area contributed by atoms with Gasteiger partial charge >= 0.3 is 0 Å². The summed E-state index contributed by atoms with van der Waals surface area (Å²) in [4.78, 5) is 14.2. The van der Waals surface area contributed by atoms with Gasteiger partial charge in [0.15, 0.2) is 5.82 Å². The van der Waals surface area contributed by atoms with Gasteiger partial charge < -0.3 is 10.9 Å². The lowest BCUT2D eigenvalue weighted by Gasteiger charge is -2.06. The van der Waals surface area contributed by atoms with Crippen molar-refractivity contribution in [1.82, 2.24) is 19.7 Å². The van der Waals surface area contributed by atoms with Gasteiger partial charge in [-0.25, -0.2) is 15.0 Å². The van der Waals surface area contributed by atoms with Crippen LogP contribution in [0.3, 0.4) is 0 Å². The average Bonchev–Trinajstić information content (AvgIpc) is 3.39. The predicted octanol–water partition coefficient (Wildman–Crippen LogP) is 4.32. The van der Waals surface area contributed by atoms with E-state index in [-0.39, 0.29) is 0 Å². The summed E-state index contributed by atoms with van der Waals surface area (Å²) in [5.74, 6) is 0.939. The molecule has 0 amide bonds. The fourth-order valence-electron chi connectivity index (χ4n) is 2.94. The Morgan fingerprint density at radius 3 is 2.82 bits per heavy atom. The number of nitrogen functional groups attached to an aromatic ring is 1. The molecule has 0 aliphatic carbocycles. The molecule has 3 N–H and O–H groups in total. The van der Waals surface area contributed by atoms with Gasteiger partial charge in [-0.15, -0.1) is 22.7 Å². The molecule has 0 fully saturated rings. The Balaban J connectivity index is 1.97. The SMILES string of the molecule is CCCCS(=O)c1sc2nc(-c3nccs3)cc(-c3nc(C)cn3O)c2c1N. The molecule has 0 bridgehead atoms. The molecule has 0 saturated carbocycles. The first-order valence-corrected chi connectivity index (χ1v) is 11.8. The van der Waals surface area contributed by atoms with E-state index in [0.29, 0.717) is 48.6 Å². The van der Waals surface area contributed by atoms with Crippen molar-refractivity contribution in [3.05, 3.63) is 29.5 Å². The van der Waals surface area contributed by atoms with Crippen molar-refractivity contribution >= 4 is 49.4 Å². The Morgan fingerprint density at radius 1 is 1.36 bits per heavy atom. The summed E-state index contributed by atoms with van der Waals surface area (Å²) in [5, 5.41) is 13.6. The summed E-state index contributed by atoms with van der Waals surface area (Å²) in [6, 6.07) is 1.83. The smallest absolute Gasteiger partial charge is 0.176 e. The van der Waals surface area contributed by atoms with Crippen LogP contribution in [-0.4, -0.2) is 34.9 Å². The largest absolute Gasteiger partial charge is 0.427 e. The predicted molar refractivity (Wildman–Crippen MR) is 114 cm³/mol. The van der Waals surface area contributed by atoms with Gasteiger partial charge in [0.2, 0.25) is 0 Å². The molecule has 0 aromatic carbocycles. The third-order valence-corrected chi connectivity index (χ3v) is 8.05. The number of anilines is 1. The monoisotopic (exact) mass is 433 g/mol. The summed E-state index contributed by atoms with van der Waals surface area (Å²) in [5.41, 5.74) is 8.87. The van der Waals surface area contributed by atoms with E-state index in [4.69, 9.17) is 10.7 Å². The zero-order valence-corrected chi connectivity index (χ0v) is 17.8. The zero-order valence-electron chi connectivity index (χ0n) is 15.4. The Hall–Kier alpha value is -2.30. The van der Waals surface area contributed by atoms with Gasteiger partial charge in [0, 0.05) is 28.3 Å². The first-order valence-electron chi connectivity index (χ1n) is 8.76. The number of aromatic nitrogens is 4. The third kappa shape index (κ3) is 3.31. The maximum absolute atomic E-state index is 12.8. The quantitative estimate of drug-likeness (QED) is 0.439. The van der Waals surface area contributed by atoms with Crippen molar-refractivity contribution < 1.29 is 9.42 Å². The molecule has 1 atom stereocenters. The van der Waals surface area contributed by atoms with Crippen LogP contribution in [0.5, 0.6) is 0 Å². The maximum atomic E-state index is 12.8. The highest BCUT2D eigenvalue weighted by Crippen LogP contribution is 2.42. The molecule has 4 aromatic heterocycles. The number of thiazole rings is 1. The van der Waals surface area contributed by atoms with Crippen LogP contribution in [0.15, 0.2) is 28.0 Å². The van der Waals surface area contributed by atoms with Crippen molar-refractivity contribution in [2.24, 2.45) is 0 Å². The summed E-state index contributed by atoms with van der Waals surface area (Å²) >= 11 is 2.81. The van der Waals surface area contributed by atoms with Gasteiger partial charge in [-0.05, 0) is 19.4 Å². The van der Waals surface area contributed by atoms with Gasteiger partial charge in [-0.1, -0.05) is 13.3 Å². The number of nitrogens with zero attached hydrogens (tertiary/aromatic N) is 4. The Labute approximate surface area is 172 Å². The molecule has 28 heavy (non-hydrogen) atoms. The Morgan fingerprint density at radius 2 is 2.18 bits per heavy atom. The van der Waals surface area contributed by atoms with Crippen LogP contribution < -0.4 is 5.73 Å². The fraction of sp³-hybridized carbons (Fsp3) is 0.278. The summed E-state index contributed by atoms with van der Waals surface area (Å²) < 4.78 is 14.4. The van der Waals surface area contributed by atoms with Crippen molar-refractivity contribution in [1.29, 1.82) is 0 Å². The van der Waals surface area contributed by atoms with Crippen molar-refractivity contribution in [2.75, 3.05) is 11.5 Å². The number of rotatable bonds is 6. The summed E-state index contributed by atoms with van der Waals surface area (Å²) in [6.07, 6.45) is 5.09. The van der Waals surface area contributed by atoms with E-state index >= 15 is 0 Å². The van der Waals surface area contributed by atoms with Crippen LogP contribution in [0.4, 0.5) is 5.69 Å². The molecule has 0 saturated heterocycles. The van der Waals surface area contributed by atoms with Crippen LogP contribution in [0.2, 0.25) is 0 Å². The molecule has 1 unspecified atom stereocenters. The molecule has 0 spiro atoms. The molecule has 10 heteroatoms. The highest BCUT2D eigenvalue weighted by molar-refractivity contribution is 7.87. The molecule has 4 aromatic rings. The normalized spacial score (nSPS) is 12.6. The van der Waals surface area contributed by atoms with Crippen LogP contribution in [0, 0.1) is 6.92 Å². The van der Waals surface area contributed by atoms with E-state index < -0.39 is 10.8 Å². The number of fused-ring (bicyclic) bond motifs is 1. The van der Waals surface area contributed by atoms with E-state index in [1.165, 1.54) is 28.9 Å². The fourth-order valence-corrected chi connectivity index (χ4v) is 6.34. The molecule has 0 aliphatic heterocycles. The second kappa shape index (κ2) is 7.61. The number of hydrogen-bond donors (Lipinski definition) is 2. The minimum Gasteiger partial charge on any atom is -0.427 e. The van der Waals surface area contributed by atoms with Gasteiger partial charge in [0.1, 0.15) is 19.7 Å². The number of imidazole rings is 1. The van der Waals surface area contributed by atoms with Gasteiger partial charge in [-0.3, -0.25) is 4.21 Å². The second-order valence-corrected chi connectivity index (χ2v) is 9.99. The number of pyridine rings is 1. The minimum atomic E-state index is -1.18. The minimum absolute atomic E-state index is 0.373. The standard InChI is InChI=1S/C18H19N5O2S3/c1-3-4-7-28(25)18-14(19)13-11(15-21-10(2)9-23(15)24)8-12(22-17(13)27-18)16-20-5-6-26-16/h5-6,8-9,24H,3-4,7,19H2,1-2H3. The molecule has 7 nitrogen and oxygen atoms in total. The summed E-state index contributed by atoms with van der Waals surface area (Å²) in [6.45, 7) is 3.87. The van der Waals surface area contributed by atoms with Crippen LogP contribution in [0.25, 0.3) is 32.3 Å². The Kier molecular flexibility index (Phi) is 5.17. The molecule has 4 heterocycles. The van der Waals surface area contributed by atoms with Crippen molar-refractivity contribution in [2.45, 2.75) is 30.9 Å². The number of aryl methyl sites for hydroxylation is 1. The third-order valence-electron chi connectivity index (χ3n) is 4.26. The van der Waals surface area contributed by atoms with Gasteiger partial charge in [-0.2, -0.15) is 4.73 Å². The summed E-state index contributed by atoms with van der Waals surface area (Å²) in [7, 11) is -1.18. The molecular formula is C18H19N5O2S3. The first kappa shape index (κ1) is 19.0. The van der Waals surface area contributed by atoms with E-state index in [1.807, 2.05) is 11.4 Å². The van der Waals surface area contributed by atoms with Crippen molar-refractivity contribution in [3.63, 3.8) is 0 Å². The van der Waals surface area contributed by atoms with Crippen LogP contribution in [0.1, 0.15) is 25.5 Å². The van der Waals surface area contributed by atoms with E-state index in [1.54, 1.807) is 13.1 Å². The lowest BCUT2D eigenvalue weighted by atomic mass is 10.1. The molecular weight excluding hydrogens is 414 g/mol.